The van der Waals surface area contributed by atoms with E-state index in [1.165, 1.54) is 0 Å². The van der Waals surface area contributed by atoms with Crippen molar-refractivity contribution in [1.82, 2.24) is 14.6 Å². The monoisotopic (exact) mass is 379 g/mol. The van der Waals surface area contributed by atoms with E-state index in [-0.39, 0.29) is 5.91 Å². The molecule has 0 spiro atoms. The molecule has 0 saturated carbocycles. The molecular formula is C22H25N3O3. The number of likely N-dealkylation sites (tertiary alicyclic amines) is 1. The molecule has 0 N–H and O–H groups in total. The van der Waals surface area contributed by atoms with Crippen LogP contribution < -0.4 is 4.74 Å². The van der Waals surface area contributed by atoms with Gasteiger partial charge in [0.2, 0.25) is 0 Å². The zero-order valence-electron chi connectivity index (χ0n) is 16.3. The third-order valence-corrected chi connectivity index (χ3v) is 5.47. The number of nitrogens with zero attached hydrogens (tertiary/aromatic N) is 3. The van der Waals surface area contributed by atoms with E-state index in [0.29, 0.717) is 18.2 Å². The minimum atomic E-state index is 0.0863. The van der Waals surface area contributed by atoms with Crippen molar-refractivity contribution < 1.29 is 14.1 Å². The van der Waals surface area contributed by atoms with Gasteiger partial charge in [-0.25, -0.2) is 0 Å². The molecule has 1 amide bonds. The molecular weight excluding hydrogens is 354 g/mol. The van der Waals surface area contributed by atoms with Crippen LogP contribution in [0.5, 0.6) is 5.75 Å². The summed E-state index contributed by atoms with van der Waals surface area (Å²) >= 11 is 0. The van der Waals surface area contributed by atoms with Gasteiger partial charge in [-0.05, 0) is 63.1 Å². The number of rotatable bonds is 5. The van der Waals surface area contributed by atoms with E-state index in [1.54, 1.807) is 0 Å². The minimum absolute atomic E-state index is 0.0863. The quantitative estimate of drug-likeness (QED) is 0.668. The summed E-state index contributed by atoms with van der Waals surface area (Å²) in [6.45, 7) is 5.75. The van der Waals surface area contributed by atoms with Gasteiger partial charge in [-0.15, -0.1) is 0 Å². The van der Waals surface area contributed by atoms with Crippen molar-refractivity contribution in [3.05, 3.63) is 71.4 Å². The number of carbonyl (C=O) groups is 1. The lowest BCUT2D eigenvalue weighted by Gasteiger charge is -2.32. The Kier molecular flexibility index (Phi) is 5.19. The Morgan fingerprint density at radius 1 is 1.14 bits per heavy atom. The first-order valence-electron chi connectivity index (χ1n) is 9.68. The Bertz CT molecular complexity index is 901. The smallest absolute Gasteiger partial charge is 0.253 e. The Morgan fingerprint density at radius 2 is 1.82 bits per heavy atom. The summed E-state index contributed by atoms with van der Waals surface area (Å²) in [4.78, 5) is 14.7. The van der Waals surface area contributed by atoms with Gasteiger partial charge in [-0.1, -0.05) is 5.16 Å². The molecule has 0 aliphatic carbocycles. The maximum absolute atomic E-state index is 12.8. The van der Waals surface area contributed by atoms with Crippen LogP contribution in [0.4, 0.5) is 0 Å². The average molecular weight is 379 g/mol. The van der Waals surface area contributed by atoms with Gasteiger partial charge in [0, 0.05) is 37.1 Å². The van der Waals surface area contributed by atoms with Crippen LogP contribution in [0.3, 0.4) is 0 Å². The van der Waals surface area contributed by atoms with Crippen molar-refractivity contribution in [1.29, 1.82) is 0 Å². The van der Waals surface area contributed by atoms with E-state index in [9.17, 15) is 4.79 Å². The van der Waals surface area contributed by atoms with Gasteiger partial charge >= 0.3 is 0 Å². The highest BCUT2D eigenvalue weighted by Crippen LogP contribution is 2.24. The summed E-state index contributed by atoms with van der Waals surface area (Å²) in [5, 5.41) is 3.93. The van der Waals surface area contributed by atoms with Crippen LogP contribution >= 0.6 is 0 Å². The Morgan fingerprint density at radius 3 is 2.43 bits per heavy atom. The Hall–Kier alpha value is -3.02. The molecule has 1 aliphatic heterocycles. The largest absolute Gasteiger partial charge is 0.489 e. The van der Waals surface area contributed by atoms with E-state index in [2.05, 4.69) is 22.1 Å². The van der Waals surface area contributed by atoms with E-state index in [4.69, 9.17) is 9.26 Å². The Balaban J connectivity index is 1.33. The molecule has 1 fully saturated rings. The van der Waals surface area contributed by atoms with Crippen molar-refractivity contribution in [3.8, 4) is 5.75 Å². The lowest BCUT2D eigenvalue weighted by atomic mass is 10.0. The maximum Gasteiger partial charge on any atom is 0.253 e. The van der Waals surface area contributed by atoms with Crippen LogP contribution in [-0.4, -0.2) is 33.6 Å². The van der Waals surface area contributed by atoms with Gasteiger partial charge in [0.25, 0.3) is 5.91 Å². The first-order valence-corrected chi connectivity index (χ1v) is 9.68. The lowest BCUT2D eigenvalue weighted by molar-refractivity contribution is 0.0694. The standard InChI is InChI=1S/C22H25N3O3/c1-16-21(17(2)28-23-16)15-27-20-7-5-18(6-8-20)22(26)25-13-9-19(10-14-25)24-11-3-4-12-24/h3-8,11-12,19H,9-10,13-15H2,1-2H3. The van der Waals surface area contributed by atoms with E-state index < -0.39 is 0 Å². The Labute approximate surface area is 164 Å². The molecule has 0 atom stereocenters. The van der Waals surface area contributed by atoms with Crippen LogP contribution in [0, 0.1) is 13.8 Å². The van der Waals surface area contributed by atoms with Crippen molar-refractivity contribution in [2.45, 2.75) is 39.3 Å². The topological polar surface area (TPSA) is 60.5 Å². The normalized spacial score (nSPS) is 15.0. The number of hydrogen-bond acceptors (Lipinski definition) is 4. The summed E-state index contributed by atoms with van der Waals surface area (Å²) < 4.78 is 13.2. The number of aryl methyl sites for hydroxylation is 2. The number of amides is 1. The molecule has 0 bridgehead atoms. The highest BCUT2D eigenvalue weighted by atomic mass is 16.5. The van der Waals surface area contributed by atoms with Crippen LogP contribution in [0.25, 0.3) is 0 Å². The van der Waals surface area contributed by atoms with Gasteiger partial charge < -0.3 is 18.7 Å². The molecule has 28 heavy (non-hydrogen) atoms. The zero-order valence-corrected chi connectivity index (χ0v) is 16.3. The lowest BCUT2D eigenvalue weighted by Crippen LogP contribution is -2.38. The average Bonchev–Trinajstić information content (AvgIpc) is 3.37. The highest BCUT2D eigenvalue weighted by molar-refractivity contribution is 5.94. The number of benzene rings is 1. The minimum Gasteiger partial charge on any atom is -0.489 e. The van der Waals surface area contributed by atoms with Crippen molar-refractivity contribution >= 4 is 5.91 Å². The first kappa shape index (κ1) is 18.3. The van der Waals surface area contributed by atoms with Gasteiger partial charge in [0.15, 0.2) is 0 Å². The fourth-order valence-corrected chi connectivity index (χ4v) is 3.70. The molecule has 0 radical (unpaired) electrons. The fraction of sp³-hybridized carbons (Fsp3) is 0.364. The summed E-state index contributed by atoms with van der Waals surface area (Å²) in [6.07, 6.45) is 6.17. The summed E-state index contributed by atoms with van der Waals surface area (Å²) in [5.74, 6) is 1.58. The molecule has 3 aromatic rings. The fourth-order valence-electron chi connectivity index (χ4n) is 3.70. The molecule has 2 aromatic heterocycles. The van der Waals surface area contributed by atoms with Gasteiger partial charge in [-0.3, -0.25) is 4.79 Å². The predicted molar refractivity (Wildman–Crippen MR) is 105 cm³/mol. The second kappa shape index (κ2) is 7.92. The molecule has 146 valence electrons. The SMILES string of the molecule is Cc1noc(C)c1COc1ccc(C(=O)N2CCC(n3cccc3)CC2)cc1. The summed E-state index contributed by atoms with van der Waals surface area (Å²) in [5.41, 5.74) is 2.50. The van der Waals surface area contributed by atoms with Crippen LogP contribution in [0.1, 0.15) is 46.3 Å². The van der Waals surface area contributed by atoms with Gasteiger partial charge in [0.05, 0.1) is 11.3 Å². The molecule has 3 heterocycles. The number of ether oxygens (including phenoxy) is 1. The van der Waals surface area contributed by atoms with E-state index >= 15 is 0 Å². The third-order valence-electron chi connectivity index (χ3n) is 5.47. The summed E-state index contributed by atoms with van der Waals surface area (Å²) in [6, 6.07) is 11.9. The summed E-state index contributed by atoms with van der Waals surface area (Å²) in [7, 11) is 0. The highest BCUT2D eigenvalue weighted by Gasteiger charge is 2.24. The third kappa shape index (κ3) is 3.81. The molecule has 6 nitrogen and oxygen atoms in total. The molecule has 4 rings (SSSR count). The molecule has 1 saturated heterocycles. The molecule has 0 unspecified atom stereocenters. The molecule has 1 aliphatic rings. The van der Waals surface area contributed by atoms with Crippen LogP contribution in [0.15, 0.2) is 53.3 Å². The number of carbonyl (C=O) groups excluding carboxylic acids is 1. The van der Waals surface area contributed by atoms with Crippen molar-refractivity contribution in [2.75, 3.05) is 13.1 Å². The molecule has 1 aromatic carbocycles. The number of piperidine rings is 1. The molecule has 6 heteroatoms. The van der Waals surface area contributed by atoms with E-state index in [0.717, 1.165) is 48.7 Å². The number of aromatic nitrogens is 2. The van der Waals surface area contributed by atoms with Gasteiger partial charge in [0.1, 0.15) is 18.1 Å². The van der Waals surface area contributed by atoms with E-state index in [1.807, 2.05) is 55.1 Å². The predicted octanol–water partition coefficient (Wildman–Crippen LogP) is 4.15. The van der Waals surface area contributed by atoms with Crippen LogP contribution in [0.2, 0.25) is 0 Å². The number of hydrogen-bond donors (Lipinski definition) is 0. The zero-order chi connectivity index (χ0) is 19.5. The van der Waals surface area contributed by atoms with Gasteiger partial charge in [-0.2, -0.15) is 0 Å². The second-order valence-corrected chi connectivity index (χ2v) is 7.27. The van der Waals surface area contributed by atoms with Crippen molar-refractivity contribution in [2.24, 2.45) is 0 Å². The first-order chi connectivity index (χ1) is 13.6. The maximum atomic E-state index is 12.8. The van der Waals surface area contributed by atoms with Crippen molar-refractivity contribution in [3.63, 3.8) is 0 Å². The van der Waals surface area contributed by atoms with Crippen LogP contribution in [-0.2, 0) is 6.61 Å². The second-order valence-electron chi connectivity index (χ2n) is 7.27.